The maximum atomic E-state index is 15.1. The zero-order chi connectivity index (χ0) is 19.2. The Labute approximate surface area is 157 Å². The summed E-state index contributed by atoms with van der Waals surface area (Å²) in [4.78, 5) is 11.4. The third kappa shape index (κ3) is 3.41. The minimum Gasteiger partial charge on any atom is -0.506 e. The first-order chi connectivity index (χ1) is 12.8. The predicted octanol–water partition coefficient (Wildman–Crippen LogP) is 1.65. The zero-order valence-electron chi connectivity index (χ0n) is 14.7. The largest absolute Gasteiger partial charge is 0.506 e. The molecule has 3 N–H and O–H groups in total. The van der Waals surface area contributed by atoms with Gasteiger partial charge in [0.2, 0.25) is 0 Å². The molecule has 1 aromatic rings. The number of anilines is 1. The van der Waals surface area contributed by atoms with Crippen LogP contribution < -0.4 is 14.3 Å². The van der Waals surface area contributed by atoms with Crippen LogP contribution in [0, 0.1) is 11.7 Å². The van der Waals surface area contributed by atoms with E-state index >= 15 is 4.39 Å². The fraction of sp³-hybridized carbons (Fsp3) is 0.500. The summed E-state index contributed by atoms with van der Waals surface area (Å²) in [6.07, 6.45) is 7.98. The molecule has 1 atom stereocenters. The molecule has 2 heterocycles. The van der Waals surface area contributed by atoms with E-state index in [0.29, 0.717) is 10.8 Å². The summed E-state index contributed by atoms with van der Waals surface area (Å²) < 4.78 is 41.6. The van der Waals surface area contributed by atoms with Crippen LogP contribution >= 0.6 is 0 Å². The Balaban J connectivity index is 1.60. The van der Waals surface area contributed by atoms with Gasteiger partial charge in [0.15, 0.2) is 5.82 Å². The summed E-state index contributed by atoms with van der Waals surface area (Å²) in [5.74, 6) is -1.34. The summed E-state index contributed by atoms with van der Waals surface area (Å²) in [5.41, 5.74) is 0.462. The SMILES string of the molecule is O=C1CN(c2c(O)ccc(C3=CC(CCC4CCC4)NC3)c2F)S(=O)(=O)N1. The van der Waals surface area contributed by atoms with E-state index < -0.39 is 39.9 Å². The van der Waals surface area contributed by atoms with Crippen molar-refractivity contribution in [2.75, 3.05) is 17.4 Å². The second-order valence-electron chi connectivity index (χ2n) is 7.39. The lowest BCUT2D eigenvalue weighted by molar-refractivity contribution is -0.117. The second kappa shape index (κ2) is 6.79. The van der Waals surface area contributed by atoms with Crippen molar-refractivity contribution in [3.05, 3.63) is 29.6 Å². The van der Waals surface area contributed by atoms with Crippen LogP contribution in [0.25, 0.3) is 5.57 Å². The molecule has 0 aromatic heterocycles. The summed E-state index contributed by atoms with van der Waals surface area (Å²) in [6, 6.07) is 2.86. The van der Waals surface area contributed by atoms with Crippen LogP contribution in [0.15, 0.2) is 18.2 Å². The zero-order valence-corrected chi connectivity index (χ0v) is 15.6. The van der Waals surface area contributed by atoms with Gasteiger partial charge in [-0.2, -0.15) is 8.42 Å². The maximum absolute atomic E-state index is 15.1. The predicted molar refractivity (Wildman–Crippen MR) is 98.8 cm³/mol. The van der Waals surface area contributed by atoms with Gasteiger partial charge < -0.3 is 10.4 Å². The summed E-state index contributed by atoms with van der Waals surface area (Å²) in [6.45, 7) is -0.0853. The lowest BCUT2D eigenvalue weighted by Gasteiger charge is -2.26. The molecule has 1 amide bonds. The molecule has 1 aliphatic carbocycles. The molecule has 1 saturated carbocycles. The Morgan fingerprint density at radius 2 is 2.04 bits per heavy atom. The third-order valence-electron chi connectivity index (χ3n) is 5.58. The Morgan fingerprint density at radius 1 is 1.26 bits per heavy atom. The number of hydrogen-bond donors (Lipinski definition) is 3. The van der Waals surface area contributed by atoms with E-state index in [1.807, 2.05) is 6.08 Å². The number of carbonyl (C=O) groups excluding carboxylic acids is 1. The first-order valence-corrected chi connectivity index (χ1v) is 10.6. The molecular weight excluding hydrogens is 373 g/mol. The third-order valence-corrected chi connectivity index (χ3v) is 6.96. The van der Waals surface area contributed by atoms with Crippen LogP contribution in [0.5, 0.6) is 5.75 Å². The fourth-order valence-electron chi connectivity index (χ4n) is 3.85. The topological polar surface area (TPSA) is 98.7 Å². The normalized spacial score (nSPS) is 24.6. The van der Waals surface area contributed by atoms with Crippen molar-refractivity contribution < 1.29 is 22.7 Å². The van der Waals surface area contributed by atoms with E-state index in [1.165, 1.54) is 31.4 Å². The van der Waals surface area contributed by atoms with Gasteiger partial charge in [-0.1, -0.05) is 25.3 Å². The summed E-state index contributed by atoms with van der Waals surface area (Å²) in [5, 5.41) is 13.4. The molecule has 27 heavy (non-hydrogen) atoms. The lowest BCUT2D eigenvalue weighted by atomic mass is 9.81. The summed E-state index contributed by atoms with van der Waals surface area (Å²) in [7, 11) is -4.20. The van der Waals surface area contributed by atoms with E-state index in [2.05, 4.69) is 5.32 Å². The van der Waals surface area contributed by atoms with E-state index in [-0.39, 0.29) is 11.6 Å². The number of phenolic OH excluding ortho intramolecular Hbond substituents is 1. The van der Waals surface area contributed by atoms with Crippen LogP contribution in [-0.2, 0) is 15.0 Å². The van der Waals surface area contributed by atoms with Crippen molar-refractivity contribution in [2.45, 2.75) is 38.1 Å². The number of nitrogens with zero attached hydrogens (tertiary/aromatic N) is 1. The Hall–Kier alpha value is -2.13. The summed E-state index contributed by atoms with van der Waals surface area (Å²) >= 11 is 0. The van der Waals surface area contributed by atoms with E-state index in [1.54, 1.807) is 4.72 Å². The number of amides is 1. The lowest BCUT2D eigenvalue weighted by Crippen LogP contribution is -2.30. The van der Waals surface area contributed by atoms with Gasteiger partial charge in [-0.3, -0.25) is 4.79 Å². The average Bonchev–Trinajstić information content (AvgIpc) is 3.10. The number of benzene rings is 1. The quantitative estimate of drug-likeness (QED) is 0.704. The molecule has 4 rings (SSSR count). The van der Waals surface area contributed by atoms with Crippen molar-refractivity contribution in [1.29, 1.82) is 0 Å². The second-order valence-corrected chi connectivity index (χ2v) is 8.98. The van der Waals surface area contributed by atoms with Crippen molar-refractivity contribution in [1.82, 2.24) is 10.0 Å². The first kappa shape index (κ1) is 18.2. The number of carbonyl (C=O) groups is 1. The van der Waals surface area contributed by atoms with E-state index in [0.717, 1.165) is 24.3 Å². The molecule has 0 spiro atoms. The number of nitrogens with one attached hydrogen (secondary N) is 2. The molecule has 1 saturated heterocycles. The van der Waals surface area contributed by atoms with Crippen molar-refractivity contribution in [3.8, 4) is 5.75 Å². The highest BCUT2D eigenvalue weighted by Crippen LogP contribution is 2.38. The van der Waals surface area contributed by atoms with Gasteiger partial charge in [0.25, 0.3) is 5.91 Å². The highest BCUT2D eigenvalue weighted by atomic mass is 32.2. The number of rotatable bonds is 5. The molecule has 146 valence electrons. The molecule has 1 unspecified atom stereocenters. The van der Waals surface area contributed by atoms with Crippen LogP contribution in [0.1, 0.15) is 37.7 Å². The van der Waals surface area contributed by atoms with Crippen LogP contribution in [0.2, 0.25) is 0 Å². The Bertz CT molecular complexity index is 911. The molecule has 2 aliphatic heterocycles. The van der Waals surface area contributed by atoms with E-state index in [9.17, 15) is 18.3 Å². The van der Waals surface area contributed by atoms with Gasteiger partial charge >= 0.3 is 10.2 Å². The van der Waals surface area contributed by atoms with Crippen LogP contribution in [0.4, 0.5) is 10.1 Å². The first-order valence-electron chi connectivity index (χ1n) is 9.14. The molecule has 9 heteroatoms. The van der Waals surface area contributed by atoms with Gasteiger partial charge in [0.1, 0.15) is 18.0 Å². The van der Waals surface area contributed by atoms with Crippen LogP contribution in [0.3, 0.4) is 0 Å². The van der Waals surface area contributed by atoms with Gasteiger partial charge in [0.05, 0.1) is 0 Å². The molecule has 3 aliphatic rings. The highest BCUT2D eigenvalue weighted by molar-refractivity contribution is 7.92. The Morgan fingerprint density at radius 3 is 2.67 bits per heavy atom. The van der Waals surface area contributed by atoms with Crippen LogP contribution in [-0.4, -0.2) is 38.6 Å². The minimum atomic E-state index is -4.20. The number of phenols is 1. The smallest absolute Gasteiger partial charge is 0.326 e. The standard InChI is InChI=1S/C18H22FN3O4S/c19-17-14(12-8-13(20-9-12)5-4-11-2-1-3-11)6-7-15(23)18(17)22-10-16(24)21-27(22,25)26/h6-8,11,13,20,23H,1-5,9-10H2,(H,21,24). The average molecular weight is 395 g/mol. The van der Waals surface area contributed by atoms with E-state index in [4.69, 9.17) is 0 Å². The van der Waals surface area contributed by atoms with Crippen molar-refractivity contribution in [2.24, 2.45) is 5.92 Å². The van der Waals surface area contributed by atoms with Gasteiger partial charge in [0, 0.05) is 18.2 Å². The molecule has 0 bridgehead atoms. The molecular formula is C18H22FN3O4S. The van der Waals surface area contributed by atoms with Gasteiger partial charge in [-0.25, -0.2) is 13.4 Å². The molecule has 7 nitrogen and oxygen atoms in total. The minimum absolute atomic E-state index is 0.163. The maximum Gasteiger partial charge on any atom is 0.326 e. The Kier molecular flexibility index (Phi) is 4.59. The van der Waals surface area contributed by atoms with Gasteiger partial charge in [-0.05, 0) is 36.5 Å². The number of hydrogen-bond acceptors (Lipinski definition) is 5. The number of aromatic hydroxyl groups is 1. The van der Waals surface area contributed by atoms with Gasteiger partial charge in [-0.15, -0.1) is 0 Å². The van der Waals surface area contributed by atoms with Crippen molar-refractivity contribution >= 4 is 27.4 Å². The fourth-order valence-corrected chi connectivity index (χ4v) is 5.02. The monoisotopic (exact) mass is 395 g/mol. The molecule has 1 aromatic carbocycles. The van der Waals surface area contributed by atoms with Crippen molar-refractivity contribution in [3.63, 3.8) is 0 Å². The molecule has 2 fully saturated rings. The molecule has 0 radical (unpaired) electrons. The number of halogens is 1. The highest BCUT2D eigenvalue weighted by Gasteiger charge is 2.38.